The zero-order chi connectivity index (χ0) is 13.4. The first-order chi connectivity index (χ1) is 9.92. The van der Waals surface area contributed by atoms with Gasteiger partial charge < -0.3 is 9.47 Å². The summed E-state index contributed by atoms with van der Waals surface area (Å²) in [6.45, 7) is 1.56. The maximum atomic E-state index is 5.70. The minimum atomic E-state index is 0.782. The minimum Gasteiger partial charge on any atom is -0.493 e. The van der Waals surface area contributed by atoms with Gasteiger partial charge in [0.05, 0.1) is 13.2 Å². The van der Waals surface area contributed by atoms with Gasteiger partial charge in [-0.2, -0.15) is 0 Å². The Bertz CT molecular complexity index is 639. The van der Waals surface area contributed by atoms with Crippen LogP contribution < -0.4 is 9.47 Å². The number of hydrogen-bond donors (Lipinski definition) is 0. The van der Waals surface area contributed by atoms with Crippen LogP contribution in [0.1, 0.15) is 22.3 Å². The van der Waals surface area contributed by atoms with Crippen molar-refractivity contribution in [1.82, 2.24) is 0 Å². The number of rotatable bonds is 2. The molecule has 2 heterocycles. The van der Waals surface area contributed by atoms with Crippen molar-refractivity contribution in [3.8, 4) is 11.5 Å². The van der Waals surface area contributed by atoms with Gasteiger partial charge in [-0.05, 0) is 11.1 Å². The molecule has 2 heteroatoms. The van der Waals surface area contributed by atoms with E-state index in [0.717, 1.165) is 37.6 Å². The van der Waals surface area contributed by atoms with Gasteiger partial charge >= 0.3 is 0 Å². The van der Waals surface area contributed by atoms with E-state index in [1.165, 1.54) is 22.3 Å². The molecule has 100 valence electrons. The maximum absolute atomic E-state index is 5.70. The second-order valence-corrected chi connectivity index (χ2v) is 5.18. The van der Waals surface area contributed by atoms with Crippen molar-refractivity contribution in [3.05, 3.63) is 58.7 Å². The van der Waals surface area contributed by atoms with E-state index in [1.807, 2.05) is 6.07 Å². The highest BCUT2D eigenvalue weighted by Crippen LogP contribution is 2.40. The van der Waals surface area contributed by atoms with E-state index >= 15 is 0 Å². The monoisotopic (exact) mass is 264 g/mol. The van der Waals surface area contributed by atoms with Gasteiger partial charge in [0, 0.05) is 30.0 Å². The highest BCUT2D eigenvalue weighted by molar-refractivity contribution is 5.76. The van der Waals surface area contributed by atoms with Gasteiger partial charge in [0.1, 0.15) is 11.5 Å². The van der Waals surface area contributed by atoms with Gasteiger partial charge in [0.2, 0.25) is 0 Å². The van der Waals surface area contributed by atoms with Gasteiger partial charge in [-0.25, -0.2) is 0 Å². The molecule has 2 aromatic carbocycles. The van der Waals surface area contributed by atoms with Crippen molar-refractivity contribution in [3.63, 3.8) is 0 Å². The van der Waals surface area contributed by atoms with Crippen molar-refractivity contribution in [2.75, 3.05) is 13.2 Å². The first-order valence-electron chi connectivity index (χ1n) is 7.09. The summed E-state index contributed by atoms with van der Waals surface area (Å²) in [5, 5.41) is 0. The molecule has 0 bridgehead atoms. The van der Waals surface area contributed by atoms with Crippen LogP contribution in [0.3, 0.4) is 0 Å². The molecule has 20 heavy (non-hydrogen) atoms. The molecule has 0 N–H and O–H groups in total. The van der Waals surface area contributed by atoms with E-state index in [-0.39, 0.29) is 0 Å². The van der Waals surface area contributed by atoms with E-state index in [9.17, 15) is 0 Å². The summed E-state index contributed by atoms with van der Waals surface area (Å²) in [5.41, 5.74) is 5.19. The van der Waals surface area contributed by atoms with Crippen molar-refractivity contribution in [2.45, 2.75) is 12.8 Å². The Morgan fingerprint density at radius 2 is 1.45 bits per heavy atom. The highest BCUT2D eigenvalue weighted by Gasteiger charge is 2.24. The molecule has 0 fully saturated rings. The molecule has 0 amide bonds. The molecule has 0 spiro atoms. The molecule has 0 saturated heterocycles. The fraction of sp³-hybridized carbons (Fsp3) is 0.222. The van der Waals surface area contributed by atoms with Crippen LogP contribution >= 0.6 is 0 Å². The normalized spacial score (nSPS) is 15.8. The molecule has 2 nitrogen and oxygen atoms in total. The van der Waals surface area contributed by atoms with Crippen molar-refractivity contribution in [2.24, 2.45) is 0 Å². The summed E-state index contributed by atoms with van der Waals surface area (Å²) in [4.78, 5) is 0. The molecular weight excluding hydrogens is 248 g/mol. The van der Waals surface area contributed by atoms with Crippen LogP contribution in [-0.4, -0.2) is 13.2 Å². The Labute approximate surface area is 118 Å². The average molecular weight is 264 g/mol. The van der Waals surface area contributed by atoms with E-state index in [1.54, 1.807) is 0 Å². The number of ether oxygens (including phenoxy) is 2. The van der Waals surface area contributed by atoms with Crippen molar-refractivity contribution in [1.29, 1.82) is 0 Å². The van der Waals surface area contributed by atoms with Gasteiger partial charge in [0.15, 0.2) is 0 Å². The largest absolute Gasteiger partial charge is 0.493 e. The summed E-state index contributed by atoms with van der Waals surface area (Å²) >= 11 is 0. The average Bonchev–Trinajstić information content (AvgIpc) is 3.12. The van der Waals surface area contributed by atoms with E-state index in [0.29, 0.717) is 0 Å². The number of hydrogen-bond acceptors (Lipinski definition) is 2. The lowest BCUT2D eigenvalue weighted by Crippen LogP contribution is -1.91. The minimum absolute atomic E-state index is 0.782. The zero-order valence-corrected chi connectivity index (χ0v) is 11.3. The van der Waals surface area contributed by atoms with Crippen LogP contribution in [0.2, 0.25) is 0 Å². The maximum Gasteiger partial charge on any atom is 0.126 e. The van der Waals surface area contributed by atoms with Crippen LogP contribution in [0.15, 0.2) is 36.4 Å². The third kappa shape index (κ3) is 1.88. The van der Waals surface area contributed by atoms with E-state index < -0.39 is 0 Å². The third-order valence-corrected chi connectivity index (χ3v) is 3.97. The zero-order valence-electron chi connectivity index (χ0n) is 11.3. The summed E-state index contributed by atoms with van der Waals surface area (Å²) < 4.78 is 11.4. The van der Waals surface area contributed by atoms with Crippen LogP contribution in [0, 0.1) is 0 Å². The van der Waals surface area contributed by atoms with Crippen LogP contribution in [0.25, 0.3) is 12.2 Å². The first-order valence-corrected chi connectivity index (χ1v) is 7.09. The number of benzene rings is 2. The summed E-state index contributed by atoms with van der Waals surface area (Å²) in [5.74, 6) is 2.00. The van der Waals surface area contributed by atoms with Gasteiger partial charge in [-0.1, -0.05) is 42.5 Å². The van der Waals surface area contributed by atoms with E-state index in [4.69, 9.17) is 9.47 Å². The predicted octanol–water partition coefficient (Wildman–Crippen LogP) is 3.73. The lowest BCUT2D eigenvalue weighted by Gasteiger charge is -2.09. The quantitative estimate of drug-likeness (QED) is 0.769. The molecule has 2 aliphatic rings. The molecule has 0 atom stereocenters. The van der Waals surface area contributed by atoms with Gasteiger partial charge in [0.25, 0.3) is 0 Å². The highest BCUT2D eigenvalue weighted by atomic mass is 16.5. The molecule has 2 aromatic rings. The molecule has 0 aliphatic carbocycles. The molecule has 0 aromatic heterocycles. The smallest absolute Gasteiger partial charge is 0.126 e. The standard InChI is InChI=1S/C18H16O2/c1-2-4-13(5-3-1)6-7-14-15-8-10-19-17(15)12-18-16(14)9-11-20-18/h1-7,12H,8-11H2/b7-6+. The number of fused-ring (bicyclic) bond motifs is 2. The fourth-order valence-electron chi connectivity index (χ4n) is 2.99. The Kier molecular flexibility index (Phi) is 2.73. The lowest BCUT2D eigenvalue weighted by molar-refractivity contribution is 0.342. The Balaban J connectivity index is 1.80. The van der Waals surface area contributed by atoms with Crippen LogP contribution in [0.5, 0.6) is 11.5 Å². The molecule has 2 aliphatic heterocycles. The predicted molar refractivity (Wildman–Crippen MR) is 80.2 cm³/mol. The SMILES string of the molecule is C(=C\c1c2c(cc3c1CCO3)OCC2)/c1ccccc1. The summed E-state index contributed by atoms with van der Waals surface area (Å²) in [7, 11) is 0. The Morgan fingerprint density at radius 3 is 2.10 bits per heavy atom. The summed E-state index contributed by atoms with van der Waals surface area (Å²) in [6, 6.07) is 12.5. The lowest BCUT2D eigenvalue weighted by atomic mass is 9.96. The van der Waals surface area contributed by atoms with Crippen LogP contribution in [0.4, 0.5) is 0 Å². The molecular formula is C18H16O2. The van der Waals surface area contributed by atoms with Crippen molar-refractivity contribution < 1.29 is 9.47 Å². The van der Waals surface area contributed by atoms with Gasteiger partial charge in [-0.15, -0.1) is 0 Å². The Hall–Kier alpha value is -2.22. The second-order valence-electron chi connectivity index (χ2n) is 5.18. The molecule has 0 saturated carbocycles. The molecule has 4 rings (SSSR count). The topological polar surface area (TPSA) is 18.5 Å². The van der Waals surface area contributed by atoms with Crippen molar-refractivity contribution >= 4 is 12.2 Å². The molecule has 0 unspecified atom stereocenters. The van der Waals surface area contributed by atoms with E-state index in [2.05, 4.69) is 42.5 Å². The fourth-order valence-corrected chi connectivity index (χ4v) is 2.99. The second kappa shape index (κ2) is 4.71. The molecule has 0 radical (unpaired) electrons. The van der Waals surface area contributed by atoms with Gasteiger partial charge in [-0.3, -0.25) is 0 Å². The third-order valence-electron chi connectivity index (χ3n) is 3.97. The first kappa shape index (κ1) is 11.6. The van der Waals surface area contributed by atoms with Crippen LogP contribution in [-0.2, 0) is 12.8 Å². The Morgan fingerprint density at radius 1 is 0.800 bits per heavy atom. The summed E-state index contributed by atoms with van der Waals surface area (Å²) in [6.07, 6.45) is 6.39.